The largest absolute Gasteiger partial charge is 0.324 e. The van der Waals surface area contributed by atoms with Gasteiger partial charge in [-0.2, -0.15) is 0 Å². The minimum absolute atomic E-state index is 0.0262. The normalized spacial score (nSPS) is 10.5. The fourth-order valence-corrected chi connectivity index (χ4v) is 2.30. The zero-order valence-corrected chi connectivity index (χ0v) is 13.5. The molecule has 1 N–H and O–H groups in total. The molecule has 1 heterocycles. The van der Waals surface area contributed by atoms with E-state index >= 15 is 0 Å². The highest BCUT2D eigenvalue weighted by Gasteiger charge is 2.08. The predicted molar refractivity (Wildman–Crippen MR) is 88.2 cm³/mol. The Morgan fingerprint density at radius 3 is 2.74 bits per heavy atom. The van der Waals surface area contributed by atoms with E-state index in [1.807, 2.05) is 12.1 Å². The molecule has 0 aliphatic rings. The molecule has 116 valence electrons. The van der Waals surface area contributed by atoms with Crippen molar-refractivity contribution in [2.75, 3.05) is 5.32 Å². The summed E-state index contributed by atoms with van der Waals surface area (Å²) in [6.45, 7) is 0.0262. The first-order valence-corrected chi connectivity index (χ1v) is 7.61. The van der Waals surface area contributed by atoms with Gasteiger partial charge in [0.15, 0.2) is 0 Å². The maximum absolute atomic E-state index is 13.2. The van der Waals surface area contributed by atoms with Crippen molar-refractivity contribution in [3.8, 4) is 11.3 Å². The van der Waals surface area contributed by atoms with Crippen molar-refractivity contribution in [2.45, 2.75) is 6.54 Å². The number of hydrogen-bond donors (Lipinski definition) is 1. The van der Waals surface area contributed by atoms with Gasteiger partial charge in [0.25, 0.3) is 0 Å². The van der Waals surface area contributed by atoms with Crippen LogP contribution in [0.25, 0.3) is 11.3 Å². The number of aromatic nitrogens is 3. The van der Waals surface area contributed by atoms with Crippen LogP contribution in [0.2, 0.25) is 0 Å². The molecule has 7 heteroatoms. The van der Waals surface area contributed by atoms with Gasteiger partial charge >= 0.3 is 0 Å². The van der Waals surface area contributed by atoms with Gasteiger partial charge in [-0.25, -0.2) is 9.07 Å². The van der Waals surface area contributed by atoms with Gasteiger partial charge in [0.05, 0.1) is 6.20 Å². The molecule has 0 unspecified atom stereocenters. The third-order valence-electron chi connectivity index (χ3n) is 3.09. The van der Waals surface area contributed by atoms with Crippen molar-refractivity contribution in [2.24, 2.45) is 0 Å². The average Bonchev–Trinajstić information content (AvgIpc) is 2.98. The Kier molecular flexibility index (Phi) is 4.47. The number of hydrogen-bond acceptors (Lipinski definition) is 3. The summed E-state index contributed by atoms with van der Waals surface area (Å²) in [6.07, 6.45) is 1.61. The Morgan fingerprint density at radius 2 is 2.00 bits per heavy atom. The number of benzene rings is 2. The van der Waals surface area contributed by atoms with Crippen molar-refractivity contribution in [1.29, 1.82) is 0 Å². The van der Waals surface area contributed by atoms with E-state index < -0.39 is 0 Å². The van der Waals surface area contributed by atoms with Crippen molar-refractivity contribution < 1.29 is 9.18 Å². The smallest absolute Gasteiger partial charge is 0.246 e. The molecule has 0 atom stereocenters. The van der Waals surface area contributed by atoms with Crippen molar-refractivity contribution in [3.05, 3.63) is 65.0 Å². The van der Waals surface area contributed by atoms with Crippen LogP contribution in [0.4, 0.5) is 10.1 Å². The SMILES string of the molecule is O=C(Cn1cc(-c2cccc(F)c2)nn1)Nc1ccc(Br)cc1. The molecule has 1 aromatic heterocycles. The highest BCUT2D eigenvalue weighted by molar-refractivity contribution is 9.10. The lowest BCUT2D eigenvalue weighted by molar-refractivity contribution is -0.116. The van der Waals surface area contributed by atoms with Crippen molar-refractivity contribution in [1.82, 2.24) is 15.0 Å². The highest BCUT2D eigenvalue weighted by atomic mass is 79.9. The van der Waals surface area contributed by atoms with E-state index in [1.54, 1.807) is 30.5 Å². The quantitative estimate of drug-likeness (QED) is 0.760. The Balaban J connectivity index is 1.66. The number of carbonyl (C=O) groups excluding carboxylic acids is 1. The summed E-state index contributed by atoms with van der Waals surface area (Å²) < 4.78 is 15.6. The molecular formula is C16H12BrFN4O. The number of nitrogens with zero attached hydrogens (tertiary/aromatic N) is 3. The van der Waals surface area contributed by atoms with Crippen LogP contribution in [-0.2, 0) is 11.3 Å². The topological polar surface area (TPSA) is 59.8 Å². The van der Waals surface area contributed by atoms with E-state index in [1.165, 1.54) is 16.8 Å². The first kappa shape index (κ1) is 15.4. The van der Waals surface area contributed by atoms with E-state index in [-0.39, 0.29) is 18.3 Å². The molecule has 5 nitrogen and oxygen atoms in total. The van der Waals surface area contributed by atoms with Crippen LogP contribution in [0.3, 0.4) is 0 Å². The lowest BCUT2D eigenvalue weighted by Gasteiger charge is -2.04. The second kappa shape index (κ2) is 6.70. The van der Waals surface area contributed by atoms with Crippen LogP contribution >= 0.6 is 15.9 Å². The van der Waals surface area contributed by atoms with Gasteiger partial charge < -0.3 is 5.32 Å². The Hall–Kier alpha value is -2.54. The third-order valence-corrected chi connectivity index (χ3v) is 3.62. The van der Waals surface area contributed by atoms with Gasteiger partial charge in [-0.05, 0) is 36.4 Å². The second-order valence-corrected chi connectivity index (χ2v) is 5.78. The first-order valence-electron chi connectivity index (χ1n) is 6.82. The Bertz CT molecular complexity index is 832. The second-order valence-electron chi connectivity index (χ2n) is 4.87. The summed E-state index contributed by atoms with van der Waals surface area (Å²) >= 11 is 3.33. The molecule has 0 saturated heterocycles. The van der Waals surface area contributed by atoms with Crippen LogP contribution in [0.5, 0.6) is 0 Å². The summed E-state index contributed by atoms with van der Waals surface area (Å²) in [5, 5.41) is 10.6. The number of nitrogens with one attached hydrogen (secondary N) is 1. The van der Waals surface area contributed by atoms with E-state index in [9.17, 15) is 9.18 Å². The summed E-state index contributed by atoms with van der Waals surface area (Å²) in [5.74, 6) is -0.562. The van der Waals surface area contributed by atoms with Crippen LogP contribution < -0.4 is 5.32 Å². The zero-order valence-electron chi connectivity index (χ0n) is 11.9. The fourth-order valence-electron chi connectivity index (χ4n) is 2.04. The average molecular weight is 375 g/mol. The zero-order chi connectivity index (χ0) is 16.2. The van der Waals surface area contributed by atoms with Crippen molar-refractivity contribution in [3.63, 3.8) is 0 Å². The molecule has 0 radical (unpaired) electrons. The standard InChI is InChI=1S/C16H12BrFN4O/c17-12-4-6-14(7-5-12)19-16(23)10-22-9-15(20-21-22)11-2-1-3-13(18)8-11/h1-9H,10H2,(H,19,23). The Morgan fingerprint density at radius 1 is 1.22 bits per heavy atom. The minimum Gasteiger partial charge on any atom is -0.324 e. The monoisotopic (exact) mass is 374 g/mol. The number of anilines is 1. The predicted octanol–water partition coefficient (Wildman–Crippen LogP) is 3.49. The maximum atomic E-state index is 13.2. The summed E-state index contributed by atoms with van der Waals surface area (Å²) in [5.41, 5.74) is 1.83. The third kappa shape index (κ3) is 4.01. The van der Waals surface area contributed by atoms with Gasteiger partial charge in [0.1, 0.15) is 18.1 Å². The lowest BCUT2D eigenvalue weighted by atomic mass is 10.2. The molecular weight excluding hydrogens is 363 g/mol. The molecule has 0 spiro atoms. The fraction of sp³-hybridized carbons (Fsp3) is 0.0625. The molecule has 1 amide bonds. The molecule has 0 aliphatic carbocycles. The van der Waals surface area contributed by atoms with E-state index in [0.717, 1.165) is 4.47 Å². The van der Waals surface area contributed by atoms with Crippen molar-refractivity contribution >= 4 is 27.5 Å². The van der Waals surface area contributed by atoms with Gasteiger partial charge in [0.2, 0.25) is 5.91 Å². The summed E-state index contributed by atoms with van der Waals surface area (Å²) in [7, 11) is 0. The maximum Gasteiger partial charge on any atom is 0.246 e. The number of amides is 1. The molecule has 23 heavy (non-hydrogen) atoms. The summed E-state index contributed by atoms with van der Waals surface area (Å²) in [4.78, 5) is 12.0. The molecule has 0 bridgehead atoms. The molecule has 2 aromatic carbocycles. The van der Waals surface area contributed by atoms with Crippen LogP contribution in [0.15, 0.2) is 59.2 Å². The molecule has 3 aromatic rings. The van der Waals surface area contributed by atoms with Crippen LogP contribution in [0.1, 0.15) is 0 Å². The molecule has 3 rings (SSSR count). The minimum atomic E-state index is -0.343. The van der Waals surface area contributed by atoms with E-state index in [2.05, 4.69) is 31.6 Å². The Labute approximate surface area is 140 Å². The van der Waals surface area contributed by atoms with E-state index in [0.29, 0.717) is 16.9 Å². The first-order chi connectivity index (χ1) is 11.1. The number of carbonyl (C=O) groups is 1. The van der Waals surface area contributed by atoms with E-state index in [4.69, 9.17) is 0 Å². The molecule has 0 saturated carbocycles. The van der Waals surface area contributed by atoms with Gasteiger partial charge in [-0.15, -0.1) is 5.10 Å². The lowest BCUT2D eigenvalue weighted by Crippen LogP contribution is -2.19. The molecule has 0 aliphatic heterocycles. The van der Waals surface area contributed by atoms with Gasteiger partial charge in [-0.1, -0.05) is 33.3 Å². The molecule has 0 fully saturated rings. The van der Waals surface area contributed by atoms with Gasteiger partial charge in [0, 0.05) is 15.7 Å². The highest BCUT2D eigenvalue weighted by Crippen LogP contribution is 2.17. The van der Waals surface area contributed by atoms with Gasteiger partial charge in [-0.3, -0.25) is 4.79 Å². The number of rotatable bonds is 4. The summed E-state index contributed by atoms with van der Waals surface area (Å²) in [6, 6.07) is 13.3. The number of halogens is 2. The van der Waals surface area contributed by atoms with Crippen LogP contribution in [-0.4, -0.2) is 20.9 Å². The van der Waals surface area contributed by atoms with Crippen LogP contribution in [0, 0.1) is 5.82 Å².